The smallest absolute Gasteiger partial charge is 0.00173 e. The van der Waals surface area contributed by atoms with E-state index in [4.69, 9.17) is 0 Å². The van der Waals surface area contributed by atoms with Gasteiger partial charge in [-0.1, -0.05) is 38.5 Å². The molecule has 18 heavy (non-hydrogen) atoms. The van der Waals surface area contributed by atoms with Crippen molar-refractivity contribution in [3.05, 3.63) is 34.9 Å². The third kappa shape index (κ3) is 4.81. The molecule has 0 bridgehead atoms. The molecule has 0 amide bonds. The predicted molar refractivity (Wildman–Crippen MR) is 81.2 cm³/mol. The summed E-state index contributed by atoms with van der Waals surface area (Å²) < 4.78 is 0. The lowest BCUT2D eigenvalue weighted by Crippen LogP contribution is -2.25. The fourth-order valence-electron chi connectivity index (χ4n) is 2.63. The van der Waals surface area contributed by atoms with Crippen molar-refractivity contribution in [3.8, 4) is 0 Å². The van der Waals surface area contributed by atoms with Crippen LogP contribution in [-0.4, -0.2) is 13.1 Å². The molecule has 0 radical (unpaired) electrons. The molecule has 0 fully saturated rings. The number of hydrogen-bond acceptors (Lipinski definition) is 1. The highest BCUT2D eigenvalue weighted by Crippen LogP contribution is 2.20. The van der Waals surface area contributed by atoms with Crippen LogP contribution in [0.15, 0.2) is 18.2 Å². The van der Waals surface area contributed by atoms with Gasteiger partial charge in [0, 0.05) is 0 Å². The Hall–Kier alpha value is -0.820. The van der Waals surface area contributed by atoms with Crippen molar-refractivity contribution >= 4 is 0 Å². The molecular weight excluding hydrogens is 218 g/mol. The standard InChI is InChI=1S/C17H29N/c1-5-8-16(13-18-11-6-2)12-17-14(3)9-7-10-15(17)4/h7,9-10,16,18H,5-6,8,11-13H2,1-4H3. The lowest BCUT2D eigenvalue weighted by molar-refractivity contribution is 0.438. The monoisotopic (exact) mass is 247 g/mol. The third-order valence-electron chi connectivity index (χ3n) is 3.69. The van der Waals surface area contributed by atoms with Crippen LogP contribution >= 0.6 is 0 Å². The van der Waals surface area contributed by atoms with Crippen LogP contribution in [0.1, 0.15) is 49.8 Å². The summed E-state index contributed by atoms with van der Waals surface area (Å²) in [6, 6.07) is 6.65. The van der Waals surface area contributed by atoms with Gasteiger partial charge < -0.3 is 5.32 Å². The minimum absolute atomic E-state index is 0.779. The predicted octanol–water partition coefficient (Wildman–Crippen LogP) is 4.26. The second-order valence-corrected chi connectivity index (χ2v) is 5.43. The fraction of sp³-hybridized carbons (Fsp3) is 0.647. The quantitative estimate of drug-likeness (QED) is 0.677. The van der Waals surface area contributed by atoms with Gasteiger partial charge in [-0.05, 0) is 68.8 Å². The van der Waals surface area contributed by atoms with Crippen molar-refractivity contribution < 1.29 is 0 Å². The van der Waals surface area contributed by atoms with Crippen molar-refractivity contribution in [2.75, 3.05) is 13.1 Å². The first-order valence-electron chi connectivity index (χ1n) is 7.44. The van der Waals surface area contributed by atoms with Gasteiger partial charge in [-0.25, -0.2) is 0 Å². The molecule has 1 aromatic carbocycles. The fourth-order valence-corrected chi connectivity index (χ4v) is 2.63. The van der Waals surface area contributed by atoms with Crippen molar-refractivity contribution in [1.82, 2.24) is 5.32 Å². The van der Waals surface area contributed by atoms with E-state index in [-0.39, 0.29) is 0 Å². The Morgan fingerprint density at radius 3 is 2.28 bits per heavy atom. The van der Waals surface area contributed by atoms with E-state index >= 15 is 0 Å². The molecule has 1 heteroatoms. The Bertz CT molecular complexity index is 323. The summed E-state index contributed by atoms with van der Waals surface area (Å²) in [6.45, 7) is 11.3. The van der Waals surface area contributed by atoms with Crippen molar-refractivity contribution in [3.63, 3.8) is 0 Å². The molecule has 0 aliphatic rings. The zero-order valence-corrected chi connectivity index (χ0v) is 12.6. The van der Waals surface area contributed by atoms with Crippen molar-refractivity contribution in [1.29, 1.82) is 0 Å². The zero-order chi connectivity index (χ0) is 13.4. The van der Waals surface area contributed by atoms with E-state index in [1.807, 2.05) is 0 Å². The van der Waals surface area contributed by atoms with Crippen LogP contribution in [0.3, 0.4) is 0 Å². The first-order chi connectivity index (χ1) is 8.69. The Balaban J connectivity index is 2.64. The summed E-state index contributed by atoms with van der Waals surface area (Å²) in [6.07, 6.45) is 5.05. The molecule has 0 saturated carbocycles. The first kappa shape index (κ1) is 15.2. The van der Waals surface area contributed by atoms with Gasteiger partial charge in [0.2, 0.25) is 0 Å². The summed E-state index contributed by atoms with van der Waals surface area (Å²) in [4.78, 5) is 0. The third-order valence-corrected chi connectivity index (χ3v) is 3.69. The first-order valence-corrected chi connectivity index (χ1v) is 7.44. The van der Waals surface area contributed by atoms with Gasteiger partial charge in [0.25, 0.3) is 0 Å². The van der Waals surface area contributed by atoms with Gasteiger partial charge in [0.15, 0.2) is 0 Å². The average Bonchev–Trinajstić information content (AvgIpc) is 2.34. The van der Waals surface area contributed by atoms with E-state index < -0.39 is 0 Å². The number of aryl methyl sites for hydroxylation is 2. The zero-order valence-electron chi connectivity index (χ0n) is 12.6. The molecule has 0 spiro atoms. The van der Waals surface area contributed by atoms with Gasteiger partial charge in [-0.15, -0.1) is 0 Å². The lowest BCUT2D eigenvalue weighted by atomic mass is 9.90. The largest absolute Gasteiger partial charge is 0.316 e. The number of nitrogens with one attached hydrogen (secondary N) is 1. The van der Waals surface area contributed by atoms with Crippen molar-refractivity contribution in [2.24, 2.45) is 5.92 Å². The van der Waals surface area contributed by atoms with E-state index in [1.54, 1.807) is 5.56 Å². The second-order valence-electron chi connectivity index (χ2n) is 5.43. The van der Waals surface area contributed by atoms with Crippen LogP contribution in [0.2, 0.25) is 0 Å². The molecule has 1 rings (SSSR count). The topological polar surface area (TPSA) is 12.0 Å². The van der Waals surface area contributed by atoms with Gasteiger partial charge >= 0.3 is 0 Å². The average molecular weight is 247 g/mol. The summed E-state index contributed by atoms with van der Waals surface area (Å²) in [5, 5.41) is 3.58. The Labute approximate surface area is 113 Å². The van der Waals surface area contributed by atoms with Gasteiger partial charge in [-0.2, -0.15) is 0 Å². The molecular formula is C17H29N. The van der Waals surface area contributed by atoms with Crippen LogP contribution < -0.4 is 5.32 Å². The van der Waals surface area contributed by atoms with E-state index in [0.717, 1.165) is 19.0 Å². The van der Waals surface area contributed by atoms with Gasteiger partial charge in [-0.3, -0.25) is 0 Å². The van der Waals surface area contributed by atoms with E-state index in [9.17, 15) is 0 Å². The maximum atomic E-state index is 3.58. The molecule has 0 saturated heterocycles. The van der Waals surface area contributed by atoms with Gasteiger partial charge in [0.05, 0.1) is 0 Å². The summed E-state index contributed by atoms with van der Waals surface area (Å²) in [5.74, 6) is 0.779. The number of hydrogen-bond donors (Lipinski definition) is 1. The SMILES string of the molecule is CCCNCC(CCC)Cc1c(C)cccc1C. The van der Waals surface area contributed by atoms with Crippen LogP contribution in [0.5, 0.6) is 0 Å². The highest BCUT2D eigenvalue weighted by Gasteiger charge is 2.11. The molecule has 0 aliphatic heterocycles. The molecule has 1 aromatic rings. The molecule has 1 unspecified atom stereocenters. The molecule has 102 valence electrons. The highest BCUT2D eigenvalue weighted by atomic mass is 14.8. The normalized spacial score (nSPS) is 12.7. The number of rotatable bonds is 8. The van der Waals surface area contributed by atoms with Crippen LogP contribution in [-0.2, 0) is 6.42 Å². The molecule has 0 aromatic heterocycles. The van der Waals surface area contributed by atoms with E-state index in [0.29, 0.717) is 0 Å². The van der Waals surface area contributed by atoms with Gasteiger partial charge in [0.1, 0.15) is 0 Å². The molecule has 1 nitrogen and oxygen atoms in total. The summed E-state index contributed by atoms with van der Waals surface area (Å²) >= 11 is 0. The molecule has 0 aliphatic carbocycles. The van der Waals surface area contributed by atoms with Crippen LogP contribution in [0, 0.1) is 19.8 Å². The summed E-state index contributed by atoms with van der Waals surface area (Å²) in [5.41, 5.74) is 4.47. The Morgan fingerprint density at radius 2 is 1.72 bits per heavy atom. The van der Waals surface area contributed by atoms with E-state index in [2.05, 4.69) is 51.2 Å². The van der Waals surface area contributed by atoms with Crippen LogP contribution in [0.25, 0.3) is 0 Å². The second kappa shape index (κ2) is 8.31. The minimum Gasteiger partial charge on any atom is -0.316 e. The lowest BCUT2D eigenvalue weighted by Gasteiger charge is -2.19. The van der Waals surface area contributed by atoms with E-state index in [1.165, 1.54) is 36.8 Å². The molecule has 1 atom stereocenters. The molecule has 1 N–H and O–H groups in total. The van der Waals surface area contributed by atoms with Crippen molar-refractivity contribution in [2.45, 2.75) is 53.4 Å². The maximum Gasteiger partial charge on any atom is -0.00173 e. The summed E-state index contributed by atoms with van der Waals surface area (Å²) in [7, 11) is 0. The Kier molecular flexibility index (Phi) is 7.04. The van der Waals surface area contributed by atoms with Crippen LogP contribution in [0.4, 0.5) is 0 Å². The highest BCUT2D eigenvalue weighted by molar-refractivity contribution is 5.33. The molecule has 0 heterocycles. The Morgan fingerprint density at radius 1 is 1.06 bits per heavy atom. The minimum atomic E-state index is 0.779. The maximum absolute atomic E-state index is 3.58. The number of benzene rings is 1.